The van der Waals surface area contributed by atoms with Gasteiger partial charge in [0.15, 0.2) is 17.3 Å². The van der Waals surface area contributed by atoms with Crippen LogP contribution in [0, 0.1) is 5.82 Å². The van der Waals surface area contributed by atoms with Crippen molar-refractivity contribution >= 4 is 11.7 Å². The smallest absolute Gasteiger partial charge is 0.292 e. The molecule has 2 bridgehead atoms. The molecule has 0 saturated carbocycles. The molecular weight excluding hydrogens is 399 g/mol. The van der Waals surface area contributed by atoms with Crippen LogP contribution >= 0.6 is 0 Å². The Morgan fingerprint density at radius 1 is 1.06 bits per heavy atom. The van der Waals surface area contributed by atoms with Crippen molar-refractivity contribution in [2.45, 2.75) is 83.3 Å². The highest BCUT2D eigenvalue weighted by Gasteiger charge is 2.39. The third kappa shape index (κ3) is 5.76. The molecule has 1 aromatic carbocycles. The van der Waals surface area contributed by atoms with E-state index in [-0.39, 0.29) is 23.1 Å². The van der Waals surface area contributed by atoms with Gasteiger partial charge in [0.2, 0.25) is 5.78 Å². The first-order valence-electron chi connectivity index (χ1n) is 11.6. The topological polar surface area (TPSA) is 67.9 Å². The van der Waals surface area contributed by atoms with Gasteiger partial charge in [-0.3, -0.25) is 9.59 Å². The van der Waals surface area contributed by atoms with Crippen LogP contribution in [0.15, 0.2) is 12.1 Å². The van der Waals surface area contributed by atoms with E-state index in [9.17, 15) is 14.0 Å². The molecule has 2 saturated heterocycles. The van der Waals surface area contributed by atoms with Crippen LogP contribution in [0.2, 0.25) is 0 Å². The Labute approximate surface area is 184 Å². The number of nitrogens with zero attached hydrogens (tertiary/aromatic N) is 1. The van der Waals surface area contributed by atoms with Crippen LogP contribution in [0.4, 0.5) is 4.39 Å². The van der Waals surface area contributed by atoms with Crippen LogP contribution < -0.4 is 14.8 Å². The summed E-state index contributed by atoms with van der Waals surface area (Å²) in [5, 5.41) is 2.88. The van der Waals surface area contributed by atoms with Crippen LogP contribution in [0.1, 0.15) is 75.6 Å². The van der Waals surface area contributed by atoms with E-state index >= 15 is 0 Å². The largest absolute Gasteiger partial charge is 0.490 e. The number of amides is 1. The summed E-state index contributed by atoms with van der Waals surface area (Å²) >= 11 is 0. The van der Waals surface area contributed by atoms with Gasteiger partial charge < -0.3 is 19.7 Å². The predicted molar refractivity (Wildman–Crippen MR) is 117 cm³/mol. The standard InChI is InChI=1S/C24H35FN2O4/c1-4-6-10-30-21-13-16(12-20(25)23(21)31-11-7-5-2)22(28)24(29)26-17-14-18-8-9-19(15-17)27(18)3/h12-13,17-19H,4-11,14-15H2,1-3H3,(H,26,29)/t17-,18+,19-. The highest BCUT2D eigenvalue weighted by molar-refractivity contribution is 6.43. The second-order valence-corrected chi connectivity index (χ2v) is 8.71. The number of hydrogen-bond donors (Lipinski definition) is 1. The van der Waals surface area contributed by atoms with Gasteiger partial charge in [-0.2, -0.15) is 0 Å². The van der Waals surface area contributed by atoms with E-state index in [1.165, 1.54) is 6.07 Å². The molecule has 2 aliphatic rings. The normalized spacial score (nSPS) is 22.9. The molecule has 1 N–H and O–H groups in total. The van der Waals surface area contributed by atoms with Gasteiger partial charge in [-0.05, 0) is 57.7 Å². The minimum absolute atomic E-state index is 0.00778. The number of Topliss-reactive ketones (excluding diaryl/α,β-unsaturated/α-hetero) is 1. The van der Waals surface area contributed by atoms with Gasteiger partial charge in [0.1, 0.15) is 0 Å². The van der Waals surface area contributed by atoms with Gasteiger partial charge in [0.25, 0.3) is 5.91 Å². The maximum atomic E-state index is 14.8. The number of halogens is 1. The third-order valence-corrected chi connectivity index (χ3v) is 6.41. The highest BCUT2D eigenvalue weighted by Crippen LogP contribution is 2.35. The average molecular weight is 435 g/mol. The first-order chi connectivity index (χ1) is 14.9. The molecule has 0 aliphatic carbocycles. The fraction of sp³-hybridized carbons (Fsp3) is 0.667. The summed E-state index contributed by atoms with van der Waals surface area (Å²) in [6, 6.07) is 3.39. The zero-order chi connectivity index (χ0) is 22.4. The second kappa shape index (κ2) is 10.9. The van der Waals surface area contributed by atoms with Crippen molar-refractivity contribution in [3.8, 4) is 11.5 Å². The number of nitrogens with one attached hydrogen (secondary N) is 1. The molecule has 0 unspecified atom stereocenters. The molecule has 1 aromatic rings. The van der Waals surface area contributed by atoms with E-state index in [2.05, 4.69) is 17.3 Å². The average Bonchev–Trinajstić information content (AvgIpc) is 2.95. The number of carbonyl (C=O) groups excluding carboxylic acids is 2. The first kappa shape index (κ1) is 23.5. The van der Waals surface area contributed by atoms with E-state index in [4.69, 9.17) is 9.47 Å². The molecule has 172 valence electrons. The molecule has 2 aliphatic heterocycles. The lowest BCUT2D eigenvalue weighted by molar-refractivity contribution is -0.118. The van der Waals surface area contributed by atoms with E-state index < -0.39 is 17.5 Å². The van der Waals surface area contributed by atoms with Gasteiger partial charge in [-0.1, -0.05) is 26.7 Å². The summed E-state index contributed by atoms with van der Waals surface area (Å²) in [6.07, 6.45) is 7.38. The van der Waals surface area contributed by atoms with Crippen LogP contribution in [0.5, 0.6) is 11.5 Å². The van der Waals surface area contributed by atoms with Gasteiger partial charge in [-0.25, -0.2) is 4.39 Å². The van der Waals surface area contributed by atoms with Gasteiger partial charge >= 0.3 is 0 Å². The van der Waals surface area contributed by atoms with Crippen molar-refractivity contribution in [2.75, 3.05) is 20.3 Å². The number of unbranched alkanes of at least 4 members (excludes halogenated alkanes) is 2. The molecule has 3 rings (SSSR count). The Kier molecular flexibility index (Phi) is 8.29. The molecule has 1 amide bonds. The Hall–Kier alpha value is -2.15. The maximum absolute atomic E-state index is 14.8. The van der Waals surface area contributed by atoms with Crippen molar-refractivity contribution in [3.63, 3.8) is 0 Å². The number of hydrogen-bond acceptors (Lipinski definition) is 5. The molecule has 6 nitrogen and oxygen atoms in total. The fourth-order valence-corrected chi connectivity index (χ4v) is 4.50. The third-order valence-electron chi connectivity index (χ3n) is 6.41. The lowest BCUT2D eigenvalue weighted by Crippen LogP contribution is -2.50. The van der Waals surface area contributed by atoms with Crippen molar-refractivity contribution < 1.29 is 23.5 Å². The number of carbonyl (C=O) groups is 2. The molecule has 0 radical (unpaired) electrons. The zero-order valence-corrected chi connectivity index (χ0v) is 18.9. The molecule has 2 fully saturated rings. The lowest BCUT2D eigenvalue weighted by Gasteiger charge is -2.36. The molecule has 2 heterocycles. The minimum Gasteiger partial charge on any atom is -0.490 e. The Morgan fingerprint density at radius 2 is 1.68 bits per heavy atom. The van der Waals surface area contributed by atoms with E-state index in [1.54, 1.807) is 0 Å². The van der Waals surface area contributed by atoms with Crippen LogP contribution in [0.3, 0.4) is 0 Å². The van der Waals surface area contributed by atoms with E-state index in [1.807, 2.05) is 13.8 Å². The van der Waals surface area contributed by atoms with Crippen molar-refractivity contribution in [1.29, 1.82) is 0 Å². The molecule has 0 aromatic heterocycles. The van der Waals surface area contributed by atoms with Crippen LogP contribution in [0.25, 0.3) is 0 Å². The first-order valence-corrected chi connectivity index (χ1v) is 11.6. The lowest BCUT2D eigenvalue weighted by atomic mass is 9.97. The fourth-order valence-electron chi connectivity index (χ4n) is 4.50. The zero-order valence-electron chi connectivity index (χ0n) is 18.9. The number of ether oxygens (including phenoxy) is 2. The van der Waals surface area contributed by atoms with Crippen LogP contribution in [-0.4, -0.2) is 55.0 Å². The number of benzene rings is 1. The van der Waals surface area contributed by atoms with E-state index in [0.29, 0.717) is 25.3 Å². The molecule has 31 heavy (non-hydrogen) atoms. The van der Waals surface area contributed by atoms with Gasteiger partial charge in [-0.15, -0.1) is 0 Å². The Morgan fingerprint density at radius 3 is 2.29 bits per heavy atom. The Bertz CT molecular complexity index is 771. The van der Waals surface area contributed by atoms with Crippen molar-refractivity contribution in [1.82, 2.24) is 10.2 Å². The summed E-state index contributed by atoms with van der Waals surface area (Å²) < 4.78 is 26.1. The SMILES string of the molecule is CCCCOc1cc(C(=O)C(=O)N[C@H]2C[C@H]3CC[C@@H](C2)N3C)cc(F)c1OCCCC. The van der Waals surface area contributed by atoms with Crippen molar-refractivity contribution in [3.05, 3.63) is 23.5 Å². The van der Waals surface area contributed by atoms with Gasteiger partial charge in [0, 0.05) is 23.7 Å². The summed E-state index contributed by atoms with van der Waals surface area (Å²) in [7, 11) is 2.12. The molecule has 7 heteroatoms. The van der Waals surface area contributed by atoms with Crippen LogP contribution in [-0.2, 0) is 4.79 Å². The number of rotatable bonds is 11. The monoisotopic (exact) mass is 434 g/mol. The maximum Gasteiger partial charge on any atom is 0.292 e. The quantitative estimate of drug-likeness (QED) is 0.323. The van der Waals surface area contributed by atoms with E-state index in [0.717, 1.165) is 57.4 Å². The number of fused-ring (bicyclic) bond motifs is 2. The number of ketones is 1. The Balaban J connectivity index is 1.70. The molecular formula is C24H35FN2O4. The number of piperidine rings is 1. The minimum atomic E-state index is -0.745. The van der Waals surface area contributed by atoms with Gasteiger partial charge in [0.05, 0.1) is 13.2 Å². The highest BCUT2D eigenvalue weighted by atomic mass is 19.1. The summed E-state index contributed by atoms with van der Waals surface area (Å²) in [4.78, 5) is 27.8. The molecule has 0 spiro atoms. The second-order valence-electron chi connectivity index (χ2n) is 8.71. The van der Waals surface area contributed by atoms with Crippen molar-refractivity contribution in [2.24, 2.45) is 0 Å². The summed E-state index contributed by atoms with van der Waals surface area (Å²) in [5.74, 6) is -1.93. The summed E-state index contributed by atoms with van der Waals surface area (Å²) in [6.45, 7) is 4.81. The summed E-state index contributed by atoms with van der Waals surface area (Å²) in [5.41, 5.74) is -0.0137. The molecule has 3 atom stereocenters. The predicted octanol–water partition coefficient (Wildman–Crippen LogP) is 4.11.